The molecule has 1 atom stereocenters. The van der Waals surface area contributed by atoms with Crippen LogP contribution in [-0.4, -0.2) is 48.1 Å². The fourth-order valence-electron chi connectivity index (χ4n) is 3.03. The second kappa shape index (κ2) is 9.86. The molecule has 2 N–H and O–H groups in total. The van der Waals surface area contributed by atoms with Crippen molar-refractivity contribution in [1.29, 1.82) is 0 Å². The van der Waals surface area contributed by atoms with Gasteiger partial charge in [0.25, 0.3) is 0 Å². The van der Waals surface area contributed by atoms with E-state index >= 15 is 0 Å². The summed E-state index contributed by atoms with van der Waals surface area (Å²) >= 11 is 7.29. The van der Waals surface area contributed by atoms with Crippen LogP contribution in [0.15, 0.2) is 47.4 Å². The Morgan fingerprint density at radius 3 is 2.77 bits per heavy atom. The third kappa shape index (κ3) is 5.25. The zero-order chi connectivity index (χ0) is 21.7. The van der Waals surface area contributed by atoms with Gasteiger partial charge in [0.1, 0.15) is 5.75 Å². The Morgan fingerprint density at radius 1 is 1.27 bits per heavy atom. The SMILES string of the molecule is CCN(CC(=O)Nc1ccccc1OC)C(=O)CC1Sc2ccc(Cl)cc2NC1=O. The molecule has 3 amide bonds. The van der Waals surface area contributed by atoms with Crippen molar-refractivity contribution in [3.05, 3.63) is 47.5 Å². The van der Waals surface area contributed by atoms with Crippen molar-refractivity contribution < 1.29 is 19.1 Å². The van der Waals surface area contributed by atoms with Gasteiger partial charge in [-0.15, -0.1) is 11.8 Å². The van der Waals surface area contributed by atoms with Gasteiger partial charge in [0.15, 0.2) is 0 Å². The van der Waals surface area contributed by atoms with Crippen LogP contribution in [0.5, 0.6) is 5.75 Å². The summed E-state index contributed by atoms with van der Waals surface area (Å²) in [6, 6.07) is 12.3. The molecule has 0 bridgehead atoms. The van der Waals surface area contributed by atoms with E-state index in [1.807, 2.05) is 6.07 Å². The maximum atomic E-state index is 12.8. The quantitative estimate of drug-likeness (QED) is 0.676. The third-order valence-electron chi connectivity index (χ3n) is 4.57. The average Bonchev–Trinajstić information content (AvgIpc) is 2.73. The Kier molecular flexibility index (Phi) is 7.23. The summed E-state index contributed by atoms with van der Waals surface area (Å²) in [6.45, 7) is 2.03. The van der Waals surface area contributed by atoms with Gasteiger partial charge in [-0.1, -0.05) is 23.7 Å². The molecule has 0 fully saturated rings. The van der Waals surface area contributed by atoms with Crippen LogP contribution in [0.25, 0.3) is 0 Å². The number of rotatable bonds is 7. The number of hydrogen-bond acceptors (Lipinski definition) is 5. The van der Waals surface area contributed by atoms with Crippen molar-refractivity contribution in [2.75, 3.05) is 30.8 Å². The number of anilines is 2. The lowest BCUT2D eigenvalue weighted by Gasteiger charge is -2.26. The monoisotopic (exact) mass is 447 g/mol. The zero-order valence-corrected chi connectivity index (χ0v) is 18.2. The van der Waals surface area contributed by atoms with E-state index in [2.05, 4.69) is 10.6 Å². The fraction of sp³-hybridized carbons (Fsp3) is 0.286. The number of hydrogen-bond donors (Lipinski definition) is 2. The van der Waals surface area contributed by atoms with E-state index in [0.717, 1.165) is 4.90 Å². The Morgan fingerprint density at radius 2 is 2.03 bits per heavy atom. The van der Waals surface area contributed by atoms with Crippen molar-refractivity contribution in [3.8, 4) is 5.75 Å². The Hall–Kier alpha value is -2.71. The van der Waals surface area contributed by atoms with Crippen molar-refractivity contribution in [2.24, 2.45) is 0 Å². The number of para-hydroxylation sites is 2. The number of halogens is 1. The summed E-state index contributed by atoms with van der Waals surface area (Å²) in [5, 5.41) is 5.51. The van der Waals surface area contributed by atoms with Crippen LogP contribution in [0.4, 0.5) is 11.4 Å². The molecule has 1 unspecified atom stereocenters. The number of nitrogens with one attached hydrogen (secondary N) is 2. The van der Waals surface area contributed by atoms with Crippen LogP contribution in [0.3, 0.4) is 0 Å². The van der Waals surface area contributed by atoms with Gasteiger partial charge in [-0.25, -0.2) is 0 Å². The number of thioether (sulfide) groups is 1. The second-order valence-electron chi connectivity index (χ2n) is 6.60. The van der Waals surface area contributed by atoms with Gasteiger partial charge in [0, 0.05) is 22.9 Å². The minimum atomic E-state index is -0.572. The van der Waals surface area contributed by atoms with E-state index in [9.17, 15) is 14.4 Å². The molecule has 2 aromatic rings. The van der Waals surface area contributed by atoms with E-state index in [-0.39, 0.29) is 30.7 Å². The molecule has 7 nitrogen and oxygen atoms in total. The van der Waals surface area contributed by atoms with Gasteiger partial charge in [-0.2, -0.15) is 0 Å². The maximum Gasteiger partial charge on any atom is 0.244 e. The van der Waals surface area contributed by atoms with Crippen LogP contribution < -0.4 is 15.4 Å². The van der Waals surface area contributed by atoms with Crippen molar-refractivity contribution in [3.63, 3.8) is 0 Å². The summed E-state index contributed by atoms with van der Waals surface area (Å²) in [7, 11) is 1.52. The largest absolute Gasteiger partial charge is 0.495 e. The summed E-state index contributed by atoms with van der Waals surface area (Å²) in [6.07, 6.45) is -0.00561. The van der Waals surface area contributed by atoms with E-state index < -0.39 is 5.25 Å². The summed E-state index contributed by atoms with van der Waals surface area (Å²) in [5.41, 5.74) is 1.18. The minimum absolute atomic E-state index is 0.00561. The summed E-state index contributed by atoms with van der Waals surface area (Å²) in [5.74, 6) is -0.319. The molecular weight excluding hydrogens is 426 g/mol. The van der Waals surface area contributed by atoms with Crippen LogP contribution in [0.1, 0.15) is 13.3 Å². The van der Waals surface area contributed by atoms with Gasteiger partial charge in [0.05, 0.1) is 30.3 Å². The molecule has 0 saturated carbocycles. The number of methoxy groups -OCH3 is 1. The van der Waals surface area contributed by atoms with E-state index in [1.54, 1.807) is 43.3 Å². The van der Waals surface area contributed by atoms with Crippen LogP contribution in [0.2, 0.25) is 5.02 Å². The molecule has 3 rings (SSSR count). The van der Waals surface area contributed by atoms with E-state index in [0.29, 0.717) is 28.7 Å². The molecule has 158 valence electrons. The first kappa shape index (κ1) is 22.0. The fourth-order valence-corrected chi connectivity index (χ4v) is 4.29. The van der Waals surface area contributed by atoms with Gasteiger partial charge in [-0.05, 0) is 37.3 Å². The zero-order valence-electron chi connectivity index (χ0n) is 16.6. The molecule has 9 heteroatoms. The Bertz CT molecular complexity index is 969. The molecule has 2 aromatic carbocycles. The predicted octanol–water partition coefficient (Wildman–Crippen LogP) is 3.64. The molecule has 1 heterocycles. The highest BCUT2D eigenvalue weighted by Gasteiger charge is 2.31. The smallest absolute Gasteiger partial charge is 0.244 e. The topological polar surface area (TPSA) is 87.7 Å². The Balaban J connectivity index is 1.61. The number of benzene rings is 2. The normalized spacial score (nSPS) is 15.0. The number of ether oxygens (including phenoxy) is 1. The highest BCUT2D eigenvalue weighted by Crippen LogP contribution is 2.38. The minimum Gasteiger partial charge on any atom is -0.495 e. The molecule has 30 heavy (non-hydrogen) atoms. The highest BCUT2D eigenvalue weighted by molar-refractivity contribution is 8.01. The molecule has 0 radical (unpaired) electrons. The first-order valence-corrected chi connectivity index (χ1v) is 10.6. The van der Waals surface area contributed by atoms with E-state index in [1.165, 1.54) is 23.8 Å². The van der Waals surface area contributed by atoms with Crippen molar-refractivity contribution in [2.45, 2.75) is 23.5 Å². The first-order chi connectivity index (χ1) is 14.4. The molecule has 0 aromatic heterocycles. The lowest BCUT2D eigenvalue weighted by atomic mass is 10.2. The third-order valence-corrected chi connectivity index (χ3v) is 6.08. The number of fused-ring (bicyclic) bond motifs is 1. The standard InChI is InChI=1S/C21H22ClN3O4S/c1-3-25(12-19(26)23-14-6-4-5-7-16(14)29-2)20(27)11-18-21(28)24-15-10-13(22)8-9-17(15)30-18/h4-10,18H,3,11-12H2,1-2H3,(H,23,26)(H,24,28). The molecule has 0 aliphatic carbocycles. The van der Waals surface area contributed by atoms with Crippen LogP contribution >= 0.6 is 23.4 Å². The van der Waals surface area contributed by atoms with Crippen molar-refractivity contribution in [1.82, 2.24) is 4.90 Å². The number of nitrogens with zero attached hydrogens (tertiary/aromatic N) is 1. The lowest BCUT2D eigenvalue weighted by molar-refractivity contribution is -0.135. The van der Waals surface area contributed by atoms with Crippen LogP contribution in [-0.2, 0) is 14.4 Å². The molecule has 0 saturated heterocycles. The number of likely N-dealkylation sites (N-methyl/N-ethyl adjacent to an activating group) is 1. The summed E-state index contributed by atoms with van der Waals surface area (Å²) < 4.78 is 5.22. The number of carbonyl (C=O) groups excluding carboxylic acids is 3. The van der Waals surface area contributed by atoms with Crippen molar-refractivity contribution >= 4 is 52.5 Å². The molecule has 0 spiro atoms. The van der Waals surface area contributed by atoms with Gasteiger partial charge >= 0.3 is 0 Å². The maximum absolute atomic E-state index is 12.8. The predicted molar refractivity (Wildman–Crippen MR) is 118 cm³/mol. The number of carbonyl (C=O) groups is 3. The second-order valence-corrected chi connectivity index (χ2v) is 8.28. The summed E-state index contributed by atoms with van der Waals surface area (Å²) in [4.78, 5) is 39.9. The van der Waals surface area contributed by atoms with Crippen LogP contribution in [0, 0.1) is 0 Å². The molecular formula is C21H22ClN3O4S. The van der Waals surface area contributed by atoms with Gasteiger partial charge < -0.3 is 20.3 Å². The average molecular weight is 448 g/mol. The lowest BCUT2D eigenvalue weighted by Crippen LogP contribution is -2.41. The molecule has 1 aliphatic heterocycles. The number of amides is 3. The van der Waals surface area contributed by atoms with Gasteiger partial charge in [-0.3, -0.25) is 14.4 Å². The molecule has 1 aliphatic rings. The first-order valence-electron chi connectivity index (χ1n) is 9.39. The van der Waals surface area contributed by atoms with Gasteiger partial charge in [0.2, 0.25) is 17.7 Å². The van der Waals surface area contributed by atoms with E-state index in [4.69, 9.17) is 16.3 Å². The highest BCUT2D eigenvalue weighted by atomic mass is 35.5. The Labute approximate surface area is 184 Å².